The fraction of sp³-hybridized carbons (Fsp3) is 0.391. The van der Waals surface area contributed by atoms with Gasteiger partial charge in [0.25, 0.3) is 5.91 Å². The lowest BCUT2D eigenvalue weighted by Gasteiger charge is -2.40. The molecule has 29 heavy (non-hydrogen) atoms. The van der Waals surface area contributed by atoms with Crippen molar-refractivity contribution in [1.29, 1.82) is 0 Å². The van der Waals surface area contributed by atoms with Gasteiger partial charge in [-0.1, -0.05) is 37.3 Å². The second kappa shape index (κ2) is 8.74. The number of nitrogens with zero attached hydrogens (tertiary/aromatic N) is 1. The van der Waals surface area contributed by atoms with E-state index in [1.165, 1.54) is 12.1 Å². The van der Waals surface area contributed by atoms with Crippen LogP contribution in [0.1, 0.15) is 42.6 Å². The molecule has 5 nitrogen and oxygen atoms in total. The molecule has 2 amide bonds. The molecule has 0 bridgehead atoms. The van der Waals surface area contributed by atoms with Crippen LogP contribution in [0.2, 0.25) is 0 Å². The maximum Gasteiger partial charge on any atom is 0.251 e. The zero-order valence-electron chi connectivity index (χ0n) is 16.8. The number of carbonyl (C=O) groups excluding carboxylic acids is 2. The molecule has 0 saturated carbocycles. The Morgan fingerprint density at radius 3 is 2.21 bits per heavy atom. The Morgan fingerprint density at radius 2 is 1.62 bits per heavy atom. The Balaban J connectivity index is 1.56. The monoisotopic (exact) mass is 398 g/mol. The lowest BCUT2D eigenvalue weighted by Crippen LogP contribution is -2.50. The van der Waals surface area contributed by atoms with Crippen molar-refractivity contribution in [3.8, 4) is 0 Å². The zero-order valence-corrected chi connectivity index (χ0v) is 16.8. The van der Waals surface area contributed by atoms with Crippen molar-refractivity contribution in [2.45, 2.75) is 38.3 Å². The van der Waals surface area contributed by atoms with E-state index in [4.69, 9.17) is 0 Å². The maximum atomic E-state index is 13.1. The van der Waals surface area contributed by atoms with E-state index in [1.807, 2.05) is 13.0 Å². The summed E-state index contributed by atoms with van der Waals surface area (Å²) < 4.78 is 13.1. The van der Waals surface area contributed by atoms with Crippen molar-refractivity contribution in [3.63, 3.8) is 0 Å². The predicted molar refractivity (Wildman–Crippen MR) is 109 cm³/mol. The van der Waals surface area contributed by atoms with Gasteiger partial charge in [-0.2, -0.15) is 0 Å². The van der Waals surface area contributed by atoms with Crippen molar-refractivity contribution in [3.05, 3.63) is 71.5 Å². The Hall–Kier alpha value is -2.73. The first-order chi connectivity index (χ1) is 13.8. The standard InChI is InChI=1S/C23H27FN2O3/c1-16(17(2)25-21(27)18-6-4-3-5-7-18)22(28)26-14-12-23(29,13-15-26)19-8-10-20(24)11-9-19/h3-11,16-17,29H,12-15H2,1-2H3,(H,25,27). The van der Waals surface area contributed by atoms with E-state index in [-0.39, 0.29) is 29.6 Å². The summed E-state index contributed by atoms with van der Waals surface area (Å²) in [7, 11) is 0. The molecular formula is C23H27FN2O3. The van der Waals surface area contributed by atoms with Crippen molar-refractivity contribution >= 4 is 11.8 Å². The van der Waals surface area contributed by atoms with E-state index in [1.54, 1.807) is 48.2 Å². The molecule has 1 fully saturated rings. The SMILES string of the molecule is CC(NC(=O)c1ccccc1)C(C)C(=O)N1CCC(O)(c2ccc(F)cc2)CC1. The third-order valence-corrected chi connectivity index (χ3v) is 5.82. The van der Waals surface area contributed by atoms with Gasteiger partial charge in [-0.25, -0.2) is 4.39 Å². The number of likely N-dealkylation sites (tertiary alicyclic amines) is 1. The Morgan fingerprint density at radius 1 is 1.03 bits per heavy atom. The Bertz CT molecular complexity index is 846. The fourth-order valence-electron chi connectivity index (χ4n) is 3.65. The fourth-order valence-corrected chi connectivity index (χ4v) is 3.65. The van der Waals surface area contributed by atoms with Gasteiger partial charge < -0.3 is 15.3 Å². The highest BCUT2D eigenvalue weighted by Crippen LogP contribution is 2.33. The van der Waals surface area contributed by atoms with Crippen LogP contribution >= 0.6 is 0 Å². The van der Waals surface area contributed by atoms with Gasteiger partial charge in [-0.3, -0.25) is 9.59 Å². The molecule has 0 spiro atoms. The summed E-state index contributed by atoms with van der Waals surface area (Å²) in [6.07, 6.45) is 0.781. The minimum Gasteiger partial charge on any atom is -0.385 e. The van der Waals surface area contributed by atoms with Gasteiger partial charge in [0, 0.05) is 24.7 Å². The van der Waals surface area contributed by atoms with Gasteiger partial charge in [0.2, 0.25) is 5.91 Å². The van der Waals surface area contributed by atoms with E-state index in [9.17, 15) is 19.1 Å². The van der Waals surface area contributed by atoms with Crippen LogP contribution in [0.3, 0.4) is 0 Å². The van der Waals surface area contributed by atoms with Gasteiger partial charge in [0.1, 0.15) is 5.82 Å². The molecule has 2 N–H and O–H groups in total. The number of carbonyl (C=O) groups is 2. The van der Waals surface area contributed by atoms with E-state index < -0.39 is 5.60 Å². The molecule has 6 heteroatoms. The summed E-state index contributed by atoms with van der Waals surface area (Å²) in [5.74, 6) is -0.987. The molecule has 3 rings (SSSR count). The Kier molecular flexibility index (Phi) is 6.33. The third kappa shape index (κ3) is 4.82. The highest BCUT2D eigenvalue weighted by molar-refractivity contribution is 5.94. The van der Waals surface area contributed by atoms with Crippen LogP contribution in [0, 0.1) is 11.7 Å². The molecule has 1 heterocycles. The van der Waals surface area contributed by atoms with E-state index in [0.29, 0.717) is 37.1 Å². The summed E-state index contributed by atoms with van der Waals surface area (Å²) in [5.41, 5.74) is 0.171. The van der Waals surface area contributed by atoms with Crippen LogP contribution < -0.4 is 5.32 Å². The number of nitrogens with one attached hydrogen (secondary N) is 1. The molecular weight excluding hydrogens is 371 g/mol. The van der Waals surface area contributed by atoms with Crippen molar-refractivity contribution in [1.82, 2.24) is 10.2 Å². The summed E-state index contributed by atoms with van der Waals surface area (Å²) >= 11 is 0. The van der Waals surface area contributed by atoms with Crippen LogP contribution in [0.4, 0.5) is 4.39 Å². The molecule has 1 aliphatic heterocycles. The van der Waals surface area contributed by atoms with Gasteiger partial charge >= 0.3 is 0 Å². The lowest BCUT2D eigenvalue weighted by atomic mass is 9.84. The number of aliphatic hydroxyl groups is 1. The molecule has 0 radical (unpaired) electrons. The minimum atomic E-state index is -1.05. The third-order valence-electron chi connectivity index (χ3n) is 5.82. The van der Waals surface area contributed by atoms with Crippen molar-refractivity contribution in [2.75, 3.05) is 13.1 Å². The molecule has 2 atom stereocenters. The average Bonchev–Trinajstić information content (AvgIpc) is 2.74. The van der Waals surface area contributed by atoms with E-state index in [2.05, 4.69) is 5.32 Å². The molecule has 154 valence electrons. The highest BCUT2D eigenvalue weighted by Gasteiger charge is 2.37. The van der Waals surface area contributed by atoms with Crippen LogP contribution in [0.25, 0.3) is 0 Å². The average molecular weight is 398 g/mol. The number of piperidine rings is 1. The normalized spacial score (nSPS) is 18.0. The molecule has 0 aliphatic carbocycles. The number of hydrogen-bond donors (Lipinski definition) is 2. The van der Waals surface area contributed by atoms with Gasteiger partial charge in [-0.15, -0.1) is 0 Å². The van der Waals surface area contributed by atoms with Crippen molar-refractivity contribution < 1.29 is 19.1 Å². The van der Waals surface area contributed by atoms with Crippen LogP contribution in [0.15, 0.2) is 54.6 Å². The number of amides is 2. The van der Waals surface area contributed by atoms with Gasteiger partial charge in [0.05, 0.1) is 11.5 Å². The molecule has 1 aliphatic rings. The number of rotatable bonds is 5. The van der Waals surface area contributed by atoms with Crippen molar-refractivity contribution in [2.24, 2.45) is 5.92 Å². The first-order valence-corrected chi connectivity index (χ1v) is 9.93. The van der Waals surface area contributed by atoms with Gasteiger partial charge in [0.15, 0.2) is 0 Å². The summed E-state index contributed by atoms with van der Waals surface area (Å²) in [6, 6.07) is 14.4. The van der Waals surface area contributed by atoms with Crippen LogP contribution in [-0.2, 0) is 10.4 Å². The largest absolute Gasteiger partial charge is 0.385 e. The van der Waals surface area contributed by atoms with Crippen LogP contribution in [-0.4, -0.2) is 41.0 Å². The zero-order chi connectivity index (χ0) is 21.0. The molecule has 1 saturated heterocycles. The van der Waals surface area contributed by atoms with E-state index in [0.717, 1.165) is 0 Å². The van der Waals surface area contributed by atoms with Crippen LogP contribution in [0.5, 0.6) is 0 Å². The number of halogens is 1. The summed E-state index contributed by atoms with van der Waals surface area (Å²) in [6.45, 7) is 4.45. The molecule has 2 unspecified atom stereocenters. The molecule has 2 aromatic carbocycles. The van der Waals surface area contributed by atoms with Gasteiger partial charge in [-0.05, 0) is 49.6 Å². The minimum absolute atomic E-state index is 0.0491. The number of hydrogen-bond acceptors (Lipinski definition) is 3. The first-order valence-electron chi connectivity index (χ1n) is 9.93. The molecule has 2 aromatic rings. The second-order valence-corrected chi connectivity index (χ2v) is 7.78. The lowest BCUT2D eigenvalue weighted by molar-refractivity contribution is -0.140. The topological polar surface area (TPSA) is 69.6 Å². The second-order valence-electron chi connectivity index (χ2n) is 7.78. The quantitative estimate of drug-likeness (QED) is 0.813. The highest BCUT2D eigenvalue weighted by atomic mass is 19.1. The summed E-state index contributed by atoms with van der Waals surface area (Å²) in [4.78, 5) is 27.0. The predicted octanol–water partition coefficient (Wildman–Crippen LogP) is 3.09. The number of benzene rings is 2. The maximum absolute atomic E-state index is 13.1. The van der Waals surface area contributed by atoms with E-state index >= 15 is 0 Å². The summed E-state index contributed by atoms with van der Waals surface area (Å²) in [5, 5.41) is 13.8. The molecule has 0 aromatic heterocycles. The Labute approximate surface area is 170 Å². The first kappa shape index (κ1) is 21.0. The smallest absolute Gasteiger partial charge is 0.251 e.